The van der Waals surface area contributed by atoms with Gasteiger partial charge in [0, 0.05) is 11.6 Å². The van der Waals surface area contributed by atoms with E-state index in [0.29, 0.717) is 5.92 Å². The smallest absolute Gasteiger partial charge is 0.0306 e. The van der Waals surface area contributed by atoms with Crippen LogP contribution in [0.4, 0.5) is 0 Å². The van der Waals surface area contributed by atoms with Crippen LogP contribution in [0.3, 0.4) is 0 Å². The Balaban J connectivity index is 2.65. The molecule has 1 unspecified atom stereocenters. The Kier molecular flexibility index (Phi) is 4.60. The van der Waals surface area contributed by atoms with E-state index in [9.17, 15) is 0 Å². The molecule has 15 heavy (non-hydrogen) atoms. The van der Waals surface area contributed by atoms with Crippen LogP contribution in [0.5, 0.6) is 0 Å². The average molecular weight is 212 g/mol. The normalized spacial score (nSPS) is 22.8. The fraction of sp³-hybridized carbons (Fsp3) is 1.00. The summed E-state index contributed by atoms with van der Waals surface area (Å²) in [6.45, 7) is 11.5. The minimum absolute atomic E-state index is 0.151. The van der Waals surface area contributed by atoms with Crippen LogP contribution in [0.2, 0.25) is 0 Å². The van der Waals surface area contributed by atoms with E-state index in [1.54, 1.807) is 0 Å². The van der Waals surface area contributed by atoms with Gasteiger partial charge in [0.05, 0.1) is 0 Å². The molecule has 0 amide bonds. The number of likely N-dealkylation sites (tertiary alicyclic amines) is 1. The summed E-state index contributed by atoms with van der Waals surface area (Å²) in [4.78, 5) is 2.60. The van der Waals surface area contributed by atoms with Gasteiger partial charge >= 0.3 is 0 Å². The molecule has 0 aromatic carbocycles. The van der Waals surface area contributed by atoms with E-state index in [1.807, 2.05) is 0 Å². The highest BCUT2D eigenvalue weighted by Crippen LogP contribution is 2.25. The molecule has 1 aliphatic rings. The van der Waals surface area contributed by atoms with Crippen molar-refractivity contribution in [2.75, 3.05) is 13.1 Å². The lowest BCUT2D eigenvalue weighted by Gasteiger charge is -2.44. The average Bonchev–Trinajstić information content (AvgIpc) is 2.44. The standard InChI is InChI=1S/C13H28N2/c1-11(2)12(14)13(3,4)15-9-7-5-6-8-10-15/h11-12H,5-10,14H2,1-4H3. The first-order valence-electron chi connectivity index (χ1n) is 6.47. The molecule has 2 heteroatoms. The molecule has 1 fully saturated rings. The van der Waals surface area contributed by atoms with E-state index < -0.39 is 0 Å². The molecule has 90 valence electrons. The van der Waals surface area contributed by atoms with Crippen molar-refractivity contribution in [1.29, 1.82) is 0 Å². The van der Waals surface area contributed by atoms with Crippen molar-refractivity contribution in [2.24, 2.45) is 11.7 Å². The molecule has 1 aliphatic heterocycles. The topological polar surface area (TPSA) is 29.3 Å². The summed E-state index contributed by atoms with van der Waals surface area (Å²) < 4.78 is 0. The van der Waals surface area contributed by atoms with Crippen LogP contribution in [0, 0.1) is 5.92 Å². The van der Waals surface area contributed by atoms with E-state index in [0.717, 1.165) is 0 Å². The van der Waals surface area contributed by atoms with E-state index >= 15 is 0 Å². The monoisotopic (exact) mass is 212 g/mol. The maximum absolute atomic E-state index is 6.33. The van der Waals surface area contributed by atoms with Crippen LogP contribution >= 0.6 is 0 Å². The molecular weight excluding hydrogens is 184 g/mol. The summed E-state index contributed by atoms with van der Waals surface area (Å²) in [6.07, 6.45) is 5.47. The molecule has 2 N–H and O–H groups in total. The predicted octanol–water partition coefficient (Wildman–Crippen LogP) is 2.62. The van der Waals surface area contributed by atoms with Crippen LogP contribution in [0.1, 0.15) is 53.4 Å². The van der Waals surface area contributed by atoms with E-state index in [2.05, 4.69) is 32.6 Å². The van der Waals surface area contributed by atoms with Gasteiger partial charge in [-0.05, 0) is 45.7 Å². The minimum atomic E-state index is 0.151. The molecule has 2 nitrogen and oxygen atoms in total. The molecule has 0 radical (unpaired) electrons. The third-order valence-electron chi connectivity index (χ3n) is 3.96. The number of hydrogen-bond donors (Lipinski definition) is 1. The van der Waals surface area contributed by atoms with Gasteiger partial charge in [-0.3, -0.25) is 4.90 Å². The van der Waals surface area contributed by atoms with Crippen molar-refractivity contribution in [2.45, 2.75) is 65.0 Å². The quantitative estimate of drug-likeness (QED) is 0.779. The lowest BCUT2D eigenvalue weighted by Crippen LogP contribution is -2.58. The molecule has 1 atom stereocenters. The van der Waals surface area contributed by atoms with E-state index in [4.69, 9.17) is 5.73 Å². The Morgan fingerprint density at radius 2 is 1.47 bits per heavy atom. The lowest BCUT2D eigenvalue weighted by molar-refractivity contribution is 0.0816. The Morgan fingerprint density at radius 3 is 1.87 bits per heavy atom. The summed E-state index contributed by atoms with van der Waals surface area (Å²) in [5.74, 6) is 0.559. The Bertz CT molecular complexity index is 179. The predicted molar refractivity (Wildman–Crippen MR) is 66.9 cm³/mol. The van der Waals surface area contributed by atoms with Gasteiger partial charge < -0.3 is 5.73 Å². The van der Waals surface area contributed by atoms with Crippen LogP contribution in [-0.2, 0) is 0 Å². The first-order valence-corrected chi connectivity index (χ1v) is 6.47. The fourth-order valence-electron chi connectivity index (χ4n) is 2.67. The van der Waals surface area contributed by atoms with Crippen molar-refractivity contribution in [3.05, 3.63) is 0 Å². The third-order valence-corrected chi connectivity index (χ3v) is 3.96. The molecule has 0 bridgehead atoms. The molecule has 1 saturated heterocycles. The van der Waals surface area contributed by atoms with Crippen LogP contribution in [-0.4, -0.2) is 29.6 Å². The number of rotatable bonds is 3. The second-order valence-electron chi connectivity index (χ2n) is 5.82. The molecule has 0 saturated carbocycles. The van der Waals surface area contributed by atoms with Crippen molar-refractivity contribution < 1.29 is 0 Å². The van der Waals surface area contributed by atoms with Crippen LogP contribution in [0.25, 0.3) is 0 Å². The van der Waals surface area contributed by atoms with E-state index in [1.165, 1.54) is 38.8 Å². The van der Waals surface area contributed by atoms with Crippen molar-refractivity contribution in [1.82, 2.24) is 4.90 Å². The summed E-state index contributed by atoms with van der Waals surface area (Å²) in [5.41, 5.74) is 6.49. The third kappa shape index (κ3) is 3.18. The number of nitrogens with two attached hydrogens (primary N) is 1. The molecule has 0 spiro atoms. The Hall–Kier alpha value is -0.0800. The van der Waals surface area contributed by atoms with Crippen molar-refractivity contribution in [3.8, 4) is 0 Å². The lowest BCUT2D eigenvalue weighted by atomic mass is 9.85. The van der Waals surface area contributed by atoms with Gasteiger partial charge in [-0.15, -0.1) is 0 Å². The van der Waals surface area contributed by atoms with Gasteiger partial charge in [-0.1, -0.05) is 26.7 Å². The first-order chi connectivity index (χ1) is 6.96. The molecule has 0 aliphatic carbocycles. The molecule has 1 rings (SSSR count). The first kappa shape index (κ1) is 13.0. The van der Waals surface area contributed by atoms with Crippen molar-refractivity contribution >= 4 is 0 Å². The van der Waals surface area contributed by atoms with Gasteiger partial charge in [-0.25, -0.2) is 0 Å². The van der Waals surface area contributed by atoms with Crippen molar-refractivity contribution in [3.63, 3.8) is 0 Å². The van der Waals surface area contributed by atoms with Gasteiger partial charge in [0.2, 0.25) is 0 Å². The van der Waals surface area contributed by atoms with Crippen LogP contribution in [0.15, 0.2) is 0 Å². The molecule has 0 aromatic heterocycles. The van der Waals surface area contributed by atoms with E-state index in [-0.39, 0.29) is 11.6 Å². The zero-order valence-corrected chi connectivity index (χ0v) is 10.9. The zero-order chi connectivity index (χ0) is 11.5. The zero-order valence-electron chi connectivity index (χ0n) is 10.9. The summed E-state index contributed by atoms with van der Waals surface area (Å²) in [5, 5.41) is 0. The summed E-state index contributed by atoms with van der Waals surface area (Å²) >= 11 is 0. The van der Waals surface area contributed by atoms with Crippen LogP contribution < -0.4 is 5.73 Å². The van der Waals surface area contributed by atoms with Gasteiger partial charge in [0.25, 0.3) is 0 Å². The maximum atomic E-state index is 6.33. The number of nitrogens with zero attached hydrogens (tertiary/aromatic N) is 1. The Labute approximate surface area is 95.2 Å². The highest BCUT2D eigenvalue weighted by Gasteiger charge is 2.34. The SMILES string of the molecule is CC(C)C(N)C(C)(C)N1CCCCCC1. The minimum Gasteiger partial charge on any atom is -0.326 e. The maximum Gasteiger partial charge on any atom is 0.0306 e. The molecule has 0 aromatic rings. The molecule has 1 heterocycles. The molecular formula is C13H28N2. The summed E-state index contributed by atoms with van der Waals surface area (Å²) in [7, 11) is 0. The number of hydrogen-bond acceptors (Lipinski definition) is 2. The summed E-state index contributed by atoms with van der Waals surface area (Å²) in [6, 6.07) is 0.274. The van der Waals surface area contributed by atoms with Gasteiger partial charge in [-0.2, -0.15) is 0 Å². The Morgan fingerprint density at radius 1 is 1.00 bits per heavy atom. The highest BCUT2D eigenvalue weighted by atomic mass is 15.2. The largest absolute Gasteiger partial charge is 0.326 e. The fourth-order valence-corrected chi connectivity index (χ4v) is 2.67. The highest BCUT2D eigenvalue weighted by molar-refractivity contribution is 4.93. The second-order valence-corrected chi connectivity index (χ2v) is 5.82. The second kappa shape index (κ2) is 5.31. The van der Waals surface area contributed by atoms with Gasteiger partial charge in [0.1, 0.15) is 0 Å². The van der Waals surface area contributed by atoms with Gasteiger partial charge in [0.15, 0.2) is 0 Å².